The summed E-state index contributed by atoms with van der Waals surface area (Å²) in [6.45, 7) is 10.7. The SMILES string of the molecule is CC1CN(CC2CCN(C(=O)OC(C)(C)C)CC2)c2ccccc2NC1=O. The Bertz CT molecular complexity index is 690. The molecule has 148 valence electrons. The van der Waals surface area contributed by atoms with Crippen molar-refractivity contribution in [3.8, 4) is 0 Å². The molecule has 3 rings (SSSR count). The van der Waals surface area contributed by atoms with Gasteiger partial charge in [0, 0.05) is 26.2 Å². The van der Waals surface area contributed by atoms with Crippen LogP contribution in [0, 0.1) is 11.8 Å². The van der Waals surface area contributed by atoms with Crippen LogP contribution in [-0.2, 0) is 9.53 Å². The Hall–Kier alpha value is -2.24. The van der Waals surface area contributed by atoms with Crippen molar-refractivity contribution in [3.63, 3.8) is 0 Å². The minimum atomic E-state index is -0.459. The second kappa shape index (κ2) is 7.79. The van der Waals surface area contributed by atoms with Crippen molar-refractivity contribution < 1.29 is 14.3 Å². The van der Waals surface area contributed by atoms with E-state index in [0.717, 1.165) is 50.4 Å². The number of anilines is 2. The van der Waals surface area contributed by atoms with E-state index in [1.807, 2.05) is 50.8 Å². The third kappa shape index (κ3) is 4.93. The minimum absolute atomic E-state index is 0.0562. The Morgan fingerprint density at radius 2 is 1.89 bits per heavy atom. The first kappa shape index (κ1) is 19.5. The van der Waals surface area contributed by atoms with Gasteiger partial charge < -0.3 is 19.9 Å². The summed E-state index contributed by atoms with van der Waals surface area (Å²) < 4.78 is 5.48. The first-order valence-corrected chi connectivity index (χ1v) is 9.85. The molecule has 1 unspecified atom stereocenters. The number of ether oxygens (including phenoxy) is 1. The highest BCUT2D eigenvalue weighted by Crippen LogP contribution is 2.32. The molecule has 6 heteroatoms. The third-order valence-electron chi connectivity index (χ3n) is 5.19. The summed E-state index contributed by atoms with van der Waals surface area (Å²) in [5.41, 5.74) is 1.52. The molecule has 2 aliphatic heterocycles. The fourth-order valence-corrected chi connectivity index (χ4v) is 3.73. The Kier molecular flexibility index (Phi) is 5.63. The lowest BCUT2D eigenvalue weighted by Gasteiger charge is -2.36. The lowest BCUT2D eigenvalue weighted by Crippen LogP contribution is -2.44. The molecule has 2 aliphatic rings. The van der Waals surface area contributed by atoms with Gasteiger partial charge >= 0.3 is 6.09 Å². The number of nitrogens with one attached hydrogen (secondary N) is 1. The van der Waals surface area contributed by atoms with E-state index in [-0.39, 0.29) is 17.9 Å². The van der Waals surface area contributed by atoms with E-state index in [1.54, 1.807) is 0 Å². The van der Waals surface area contributed by atoms with E-state index in [0.29, 0.717) is 5.92 Å². The van der Waals surface area contributed by atoms with Gasteiger partial charge in [-0.25, -0.2) is 4.79 Å². The Morgan fingerprint density at radius 3 is 2.56 bits per heavy atom. The highest BCUT2D eigenvalue weighted by molar-refractivity contribution is 5.97. The number of hydrogen-bond acceptors (Lipinski definition) is 4. The van der Waals surface area contributed by atoms with Crippen LogP contribution in [0.4, 0.5) is 16.2 Å². The van der Waals surface area contributed by atoms with Crippen molar-refractivity contribution >= 4 is 23.4 Å². The number of carbonyl (C=O) groups excluding carboxylic acids is 2. The van der Waals surface area contributed by atoms with Gasteiger partial charge in [0.1, 0.15) is 5.60 Å². The van der Waals surface area contributed by atoms with Crippen LogP contribution in [0.1, 0.15) is 40.5 Å². The molecule has 1 N–H and O–H groups in total. The zero-order chi connectivity index (χ0) is 19.6. The Labute approximate surface area is 161 Å². The number of likely N-dealkylation sites (tertiary alicyclic amines) is 1. The molecule has 1 aromatic rings. The van der Waals surface area contributed by atoms with Gasteiger partial charge in [0.05, 0.1) is 17.3 Å². The Balaban J connectivity index is 1.61. The zero-order valence-electron chi connectivity index (χ0n) is 16.8. The maximum Gasteiger partial charge on any atom is 0.410 e. The number of benzene rings is 1. The van der Waals surface area contributed by atoms with Gasteiger partial charge in [-0.1, -0.05) is 19.1 Å². The van der Waals surface area contributed by atoms with Gasteiger partial charge in [0.25, 0.3) is 0 Å². The van der Waals surface area contributed by atoms with E-state index in [1.165, 1.54) is 0 Å². The first-order chi connectivity index (χ1) is 12.7. The monoisotopic (exact) mass is 373 g/mol. The smallest absolute Gasteiger partial charge is 0.410 e. The zero-order valence-corrected chi connectivity index (χ0v) is 16.8. The molecule has 0 radical (unpaired) electrons. The molecule has 6 nitrogen and oxygen atoms in total. The van der Waals surface area contributed by atoms with Crippen LogP contribution in [0.3, 0.4) is 0 Å². The van der Waals surface area contributed by atoms with Gasteiger partial charge in [0.2, 0.25) is 5.91 Å². The quantitative estimate of drug-likeness (QED) is 0.858. The van der Waals surface area contributed by atoms with Crippen molar-refractivity contribution in [1.82, 2.24) is 4.90 Å². The number of carbonyl (C=O) groups is 2. The van der Waals surface area contributed by atoms with E-state index in [4.69, 9.17) is 4.74 Å². The lowest BCUT2D eigenvalue weighted by molar-refractivity contribution is -0.119. The molecule has 1 fully saturated rings. The van der Waals surface area contributed by atoms with Gasteiger partial charge in [-0.2, -0.15) is 0 Å². The van der Waals surface area contributed by atoms with Crippen LogP contribution in [0.25, 0.3) is 0 Å². The van der Waals surface area contributed by atoms with Crippen LogP contribution in [0.5, 0.6) is 0 Å². The molecule has 0 saturated carbocycles. The molecule has 0 spiro atoms. The number of para-hydroxylation sites is 2. The number of fused-ring (bicyclic) bond motifs is 1. The molecule has 0 aliphatic carbocycles. The molecule has 1 saturated heterocycles. The number of hydrogen-bond donors (Lipinski definition) is 1. The summed E-state index contributed by atoms with van der Waals surface area (Å²) in [7, 11) is 0. The highest BCUT2D eigenvalue weighted by Gasteiger charge is 2.30. The van der Waals surface area contributed by atoms with Crippen molar-refractivity contribution in [2.45, 2.75) is 46.1 Å². The number of rotatable bonds is 2. The van der Waals surface area contributed by atoms with Crippen molar-refractivity contribution in [2.24, 2.45) is 11.8 Å². The largest absolute Gasteiger partial charge is 0.444 e. The highest BCUT2D eigenvalue weighted by atomic mass is 16.6. The first-order valence-electron chi connectivity index (χ1n) is 9.85. The summed E-state index contributed by atoms with van der Waals surface area (Å²) >= 11 is 0. The standard InChI is InChI=1S/C21H31N3O3/c1-15-13-24(18-8-6-5-7-17(18)22-19(15)25)14-16-9-11-23(12-10-16)20(26)27-21(2,3)4/h5-8,15-16H,9-14H2,1-4H3,(H,22,25). The summed E-state index contributed by atoms with van der Waals surface area (Å²) in [5.74, 6) is 0.515. The van der Waals surface area contributed by atoms with Crippen LogP contribution < -0.4 is 10.2 Å². The lowest BCUT2D eigenvalue weighted by atomic mass is 9.95. The van der Waals surface area contributed by atoms with Gasteiger partial charge in [-0.3, -0.25) is 4.79 Å². The van der Waals surface area contributed by atoms with E-state index in [2.05, 4.69) is 16.3 Å². The fraction of sp³-hybridized carbons (Fsp3) is 0.619. The average Bonchev–Trinajstić information content (AvgIpc) is 2.71. The van der Waals surface area contributed by atoms with Crippen LogP contribution in [0.2, 0.25) is 0 Å². The summed E-state index contributed by atoms with van der Waals surface area (Å²) in [5, 5.41) is 3.03. The third-order valence-corrected chi connectivity index (χ3v) is 5.19. The van der Waals surface area contributed by atoms with E-state index >= 15 is 0 Å². The summed E-state index contributed by atoms with van der Waals surface area (Å²) in [4.78, 5) is 28.6. The number of amides is 2. The van der Waals surface area contributed by atoms with Crippen LogP contribution >= 0.6 is 0 Å². The van der Waals surface area contributed by atoms with E-state index < -0.39 is 5.60 Å². The van der Waals surface area contributed by atoms with Crippen molar-refractivity contribution in [1.29, 1.82) is 0 Å². The molecule has 1 atom stereocenters. The Morgan fingerprint density at radius 1 is 1.22 bits per heavy atom. The molecule has 2 heterocycles. The fourth-order valence-electron chi connectivity index (χ4n) is 3.73. The molecular weight excluding hydrogens is 342 g/mol. The maximum atomic E-state index is 12.3. The second-order valence-electron chi connectivity index (χ2n) is 8.72. The maximum absolute atomic E-state index is 12.3. The van der Waals surface area contributed by atoms with Crippen molar-refractivity contribution in [2.75, 3.05) is 36.4 Å². The van der Waals surface area contributed by atoms with Gasteiger partial charge in [0.15, 0.2) is 0 Å². The van der Waals surface area contributed by atoms with E-state index in [9.17, 15) is 9.59 Å². The molecule has 0 bridgehead atoms. The molecule has 0 aromatic heterocycles. The number of piperidine rings is 1. The minimum Gasteiger partial charge on any atom is -0.444 e. The summed E-state index contributed by atoms with van der Waals surface area (Å²) in [6, 6.07) is 8.00. The van der Waals surface area contributed by atoms with Crippen LogP contribution in [0.15, 0.2) is 24.3 Å². The topological polar surface area (TPSA) is 61.9 Å². The predicted octanol–water partition coefficient (Wildman–Crippen LogP) is 3.73. The normalized spacial score (nSPS) is 21.3. The molecular formula is C21H31N3O3. The molecule has 1 aromatic carbocycles. The van der Waals surface area contributed by atoms with Crippen molar-refractivity contribution in [3.05, 3.63) is 24.3 Å². The predicted molar refractivity (Wildman–Crippen MR) is 107 cm³/mol. The van der Waals surface area contributed by atoms with Crippen LogP contribution in [-0.4, -0.2) is 48.7 Å². The molecule has 2 amide bonds. The number of nitrogens with zero attached hydrogens (tertiary/aromatic N) is 2. The average molecular weight is 373 g/mol. The van der Waals surface area contributed by atoms with Gasteiger partial charge in [-0.15, -0.1) is 0 Å². The second-order valence-corrected chi connectivity index (χ2v) is 8.72. The van der Waals surface area contributed by atoms with Gasteiger partial charge in [-0.05, 0) is 51.7 Å². The molecule has 27 heavy (non-hydrogen) atoms. The summed E-state index contributed by atoms with van der Waals surface area (Å²) in [6.07, 6.45) is 1.69.